The summed E-state index contributed by atoms with van der Waals surface area (Å²) in [7, 11) is 0. The molecule has 58 valence electrons. The predicted molar refractivity (Wildman–Crippen MR) is 41.0 cm³/mol. The van der Waals surface area contributed by atoms with E-state index in [0.717, 1.165) is 6.42 Å². The van der Waals surface area contributed by atoms with Crippen LogP contribution in [0.4, 0.5) is 0 Å². The third-order valence-corrected chi connectivity index (χ3v) is 2.00. The summed E-state index contributed by atoms with van der Waals surface area (Å²) >= 11 is 5.54. The van der Waals surface area contributed by atoms with Crippen LogP contribution >= 0.6 is 11.6 Å². The second-order valence-corrected chi connectivity index (χ2v) is 3.60. The quantitative estimate of drug-likeness (QED) is 0.605. The molecule has 0 saturated heterocycles. The number of alkyl halides is 1. The van der Waals surface area contributed by atoms with Crippen molar-refractivity contribution in [3.63, 3.8) is 0 Å². The van der Waals surface area contributed by atoms with Crippen LogP contribution in [0.3, 0.4) is 0 Å². The molecule has 0 aromatic carbocycles. The molecule has 3 unspecified atom stereocenters. The van der Waals surface area contributed by atoms with Gasteiger partial charge in [0.2, 0.25) is 5.91 Å². The van der Waals surface area contributed by atoms with Crippen molar-refractivity contribution in [2.45, 2.75) is 31.7 Å². The predicted octanol–water partition coefficient (Wildman–Crippen LogP) is 1.14. The molecule has 1 rings (SSSR count). The van der Waals surface area contributed by atoms with E-state index in [2.05, 4.69) is 12.2 Å². The van der Waals surface area contributed by atoms with E-state index in [1.807, 2.05) is 0 Å². The van der Waals surface area contributed by atoms with Gasteiger partial charge in [-0.25, -0.2) is 0 Å². The summed E-state index contributed by atoms with van der Waals surface area (Å²) in [5.74, 6) is 0.607. The summed E-state index contributed by atoms with van der Waals surface area (Å²) in [5, 5.41) is 2.44. The molecule has 2 nitrogen and oxygen atoms in total. The standard InChI is InChI=1S/C7H12ClNO/c1-4-3-6(4)9-7(10)5(2)8/h4-6H,3H2,1-2H3,(H,9,10). The van der Waals surface area contributed by atoms with Crippen molar-refractivity contribution in [1.29, 1.82) is 0 Å². The number of carbonyl (C=O) groups excluding carboxylic acids is 1. The first-order chi connectivity index (χ1) is 4.61. The van der Waals surface area contributed by atoms with Crippen LogP contribution in [0.2, 0.25) is 0 Å². The van der Waals surface area contributed by atoms with Gasteiger partial charge in [0.1, 0.15) is 5.38 Å². The Kier molecular flexibility index (Phi) is 2.19. The average molecular weight is 162 g/mol. The Labute approximate surface area is 65.9 Å². The van der Waals surface area contributed by atoms with Crippen LogP contribution in [-0.2, 0) is 4.79 Å². The van der Waals surface area contributed by atoms with Crippen molar-refractivity contribution in [3.8, 4) is 0 Å². The fraction of sp³-hybridized carbons (Fsp3) is 0.857. The third-order valence-electron chi connectivity index (χ3n) is 1.80. The first kappa shape index (κ1) is 7.86. The Balaban J connectivity index is 2.20. The van der Waals surface area contributed by atoms with E-state index in [0.29, 0.717) is 12.0 Å². The maximum atomic E-state index is 10.9. The van der Waals surface area contributed by atoms with Crippen molar-refractivity contribution in [2.75, 3.05) is 0 Å². The molecule has 0 aromatic rings. The number of carbonyl (C=O) groups is 1. The van der Waals surface area contributed by atoms with Crippen molar-refractivity contribution >= 4 is 17.5 Å². The van der Waals surface area contributed by atoms with Crippen LogP contribution in [0, 0.1) is 5.92 Å². The SMILES string of the molecule is CC(Cl)C(=O)NC1CC1C. The molecule has 1 N–H and O–H groups in total. The van der Waals surface area contributed by atoms with Gasteiger partial charge in [-0.3, -0.25) is 4.79 Å². The molecule has 0 radical (unpaired) electrons. The molecule has 1 aliphatic rings. The number of rotatable bonds is 2. The van der Waals surface area contributed by atoms with E-state index in [-0.39, 0.29) is 5.91 Å². The largest absolute Gasteiger partial charge is 0.352 e. The number of hydrogen-bond acceptors (Lipinski definition) is 1. The molecule has 0 aliphatic heterocycles. The zero-order chi connectivity index (χ0) is 7.72. The molecule has 10 heavy (non-hydrogen) atoms. The van der Waals surface area contributed by atoms with E-state index >= 15 is 0 Å². The summed E-state index contributed by atoms with van der Waals surface area (Å²) in [6.45, 7) is 3.80. The fourth-order valence-electron chi connectivity index (χ4n) is 0.821. The summed E-state index contributed by atoms with van der Waals surface area (Å²) < 4.78 is 0. The smallest absolute Gasteiger partial charge is 0.237 e. The highest BCUT2D eigenvalue weighted by molar-refractivity contribution is 6.30. The third kappa shape index (κ3) is 1.87. The van der Waals surface area contributed by atoms with Crippen molar-refractivity contribution in [3.05, 3.63) is 0 Å². The topological polar surface area (TPSA) is 29.1 Å². The van der Waals surface area contributed by atoms with Crippen LogP contribution in [-0.4, -0.2) is 17.3 Å². The number of amides is 1. The summed E-state index contributed by atoms with van der Waals surface area (Å²) in [4.78, 5) is 10.9. The van der Waals surface area contributed by atoms with E-state index in [4.69, 9.17) is 11.6 Å². The van der Waals surface area contributed by atoms with Gasteiger partial charge in [0.15, 0.2) is 0 Å². The Morgan fingerprint density at radius 3 is 2.60 bits per heavy atom. The molecule has 1 amide bonds. The van der Waals surface area contributed by atoms with Crippen LogP contribution < -0.4 is 5.32 Å². The van der Waals surface area contributed by atoms with Gasteiger partial charge in [-0.2, -0.15) is 0 Å². The summed E-state index contributed by atoms with van der Waals surface area (Å²) in [6, 6.07) is 0.397. The minimum atomic E-state index is -0.396. The molecule has 1 saturated carbocycles. The van der Waals surface area contributed by atoms with Crippen molar-refractivity contribution in [1.82, 2.24) is 5.32 Å². The molecule has 0 bridgehead atoms. The molecule has 1 aliphatic carbocycles. The normalized spacial score (nSPS) is 33.1. The highest BCUT2D eigenvalue weighted by atomic mass is 35.5. The number of hydrogen-bond donors (Lipinski definition) is 1. The van der Waals surface area contributed by atoms with Gasteiger partial charge in [0.25, 0.3) is 0 Å². The van der Waals surface area contributed by atoms with Crippen molar-refractivity contribution in [2.24, 2.45) is 5.92 Å². The average Bonchev–Trinajstić information content (AvgIpc) is 2.46. The van der Waals surface area contributed by atoms with Crippen LogP contribution in [0.5, 0.6) is 0 Å². The maximum absolute atomic E-state index is 10.9. The van der Waals surface area contributed by atoms with E-state index < -0.39 is 5.38 Å². The lowest BCUT2D eigenvalue weighted by Crippen LogP contribution is -2.32. The Bertz CT molecular complexity index is 147. The molecular formula is C7H12ClNO. The maximum Gasteiger partial charge on any atom is 0.237 e. The van der Waals surface area contributed by atoms with Gasteiger partial charge in [0, 0.05) is 6.04 Å². The lowest BCUT2D eigenvalue weighted by atomic mass is 10.4. The fourth-order valence-corrected chi connectivity index (χ4v) is 0.884. The van der Waals surface area contributed by atoms with Gasteiger partial charge in [-0.05, 0) is 19.3 Å². The van der Waals surface area contributed by atoms with E-state index in [9.17, 15) is 4.79 Å². The van der Waals surface area contributed by atoms with Gasteiger partial charge in [0.05, 0.1) is 0 Å². The molecule has 3 atom stereocenters. The van der Waals surface area contributed by atoms with Crippen LogP contribution in [0.15, 0.2) is 0 Å². The monoisotopic (exact) mass is 161 g/mol. The molecule has 0 aromatic heterocycles. The highest BCUT2D eigenvalue weighted by Crippen LogP contribution is 2.28. The lowest BCUT2D eigenvalue weighted by molar-refractivity contribution is -0.120. The van der Waals surface area contributed by atoms with Gasteiger partial charge >= 0.3 is 0 Å². The van der Waals surface area contributed by atoms with E-state index in [1.54, 1.807) is 6.92 Å². The van der Waals surface area contributed by atoms with Gasteiger partial charge in [-0.1, -0.05) is 6.92 Å². The second-order valence-electron chi connectivity index (χ2n) is 2.94. The van der Waals surface area contributed by atoms with Gasteiger partial charge < -0.3 is 5.32 Å². The molecule has 3 heteroatoms. The first-order valence-corrected chi connectivity index (χ1v) is 3.99. The summed E-state index contributed by atoms with van der Waals surface area (Å²) in [6.07, 6.45) is 1.11. The molecular weight excluding hydrogens is 150 g/mol. The van der Waals surface area contributed by atoms with E-state index in [1.165, 1.54) is 0 Å². The minimum Gasteiger partial charge on any atom is -0.352 e. The molecule has 0 spiro atoms. The van der Waals surface area contributed by atoms with Crippen LogP contribution in [0.1, 0.15) is 20.3 Å². The zero-order valence-electron chi connectivity index (χ0n) is 6.23. The highest BCUT2D eigenvalue weighted by Gasteiger charge is 2.34. The first-order valence-electron chi connectivity index (χ1n) is 3.55. The zero-order valence-corrected chi connectivity index (χ0v) is 6.98. The molecule has 1 fully saturated rings. The second kappa shape index (κ2) is 2.79. The summed E-state index contributed by atoms with van der Waals surface area (Å²) in [5.41, 5.74) is 0. The molecule has 0 heterocycles. The lowest BCUT2D eigenvalue weighted by Gasteiger charge is -2.03. The number of halogens is 1. The van der Waals surface area contributed by atoms with Gasteiger partial charge in [-0.15, -0.1) is 11.6 Å². The Hall–Kier alpha value is -0.240. The number of nitrogens with one attached hydrogen (secondary N) is 1. The minimum absolute atomic E-state index is 0.0454. The Morgan fingerprint density at radius 2 is 2.30 bits per heavy atom. The van der Waals surface area contributed by atoms with Crippen molar-refractivity contribution < 1.29 is 4.79 Å². The Morgan fingerprint density at radius 1 is 1.80 bits per heavy atom. The van der Waals surface area contributed by atoms with Crippen LogP contribution in [0.25, 0.3) is 0 Å².